The standard InChI is InChI=1S/C11H11F3/c1-2-11-9(6-13)3-8(5-12)4-10(11)7-14/h2-4H,1,5-7H2. The highest BCUT2D eigenvalue weighted by atomic mass is 19.1. The zero-order valence-corrected chi connectivity index (χ0v) is 7.69. The molecule has 3 heteroatoms. The minimum atomic E-state index is -0.734. The molecule has 0 aliphatic heterocycles. The van der Waals surface area contributed by atoms with Crippen LogP contribution in [0.4, 0.5) is 13.2 Å². The Kier molecular flexibility index (Phi) is 3.74. The van der Waals surface area contributed by atoms with Gasteiger partial charge >= 0.3 is 0 Å². The van der Waals surface area contributed by atoms with Crippen molar-refractivity contribution in [3.63, 3.8) is 0 Å². The first kappa shape index (κ1) is 10.8. The number of alkyl halides is 3. The van der Waals surface area contributed by atoms with Crippen LogP contribution in [0.25, 0.3) is 6.08 Å². The quantitative estimate of drug-likeness (QED) is 0.694. The van der Waals surface area contributed by atoms with Gasteiger partial charge in [0.15, 0.2) is 0 Å². The fourth-order valence-electron chi connectivity index (χ4n) is 1.41. The molecule has 0 atom stereocenters. The molecular weight excluding hydrogens is 189 g/mol. The number of benzene rings is 1. The van der Waals surface area contributed by atoms with Gasteiger partial charge in [0.25, 0.3) is 0 Å². The Labute approximate surface area is 81.1 Å². The molecule has 0 heterocycles. The van der Waals surface area contributed by atoms with E-state index in [1.54, 1.807) is 0 Å². The number of halogens is 3. The van der Waals surface area contributed by atoms with Crippen LogP contribution in [0.5, 0.6) is 0 Å². The predicted octanol–water partition coefficient (Wildman–Crippen LogP) is 3.74. The van der Waals surface area contributed by atoms with Crippen molar-refractivity contribution in [2.24, 2.45) is 0 Å². The van der Waals surface area contributed by atoms with Crippen molar-refractivity contribution < 1.29 is 13.2 Å². The van der Waals surface area contributed by atoms with Gasteiger partial charge in [0.2, 0.25) is 0 Å². The molecule has 1 aromatic rings. The van der Waals surface area contributed by atoms with Crippen LogP contribution in [0.15, 0.2) is 18.7 Å². The van der Waals surface area contributed by atoms with Crippen LogP contribution in [0, 0.1) is 0 Å². The van der Waals surface area contributed by atoms with E-state index in [1.165, 1.54) is 18.2 Å². The van der Waals surface area contributed by atoms with Crippen LogP contribution in [0.1, 0.15) is 22.3 Å². The Morgan fingerprint density at radius 1 is 1.00 bits per heavy atom. The van der Waals surface area contributed by atoms with E-state index in [0.29, 0.717) is 22.3 Å². The SMILES string of the molecule is C=Cc1c(CF)cc(CF)cc1CF. The van der Waals surface area contributed by atoms with Gasteiger partial charge < -0.3 is 0 Å². The highest BCUT2D eigenvalue weighted by Gasteiger charge is 2.08. The Balaban J connectivity index is 3.31. The molecule has 0 aliphatic carbocycles. The van der Waals surface area contributed by atoms with Crippen molar-refractivity contribution in [2.75, 3.05) is 0 Å². The molecule has 0 radical (unpaired) electrons. The summed E-state index contributed by atoms with van der Waals surface area (Å²) in [5.74, 6) is 0. The van der Waals surface area contributed by atoms with E-state index in [0.717, 1.165) is 0 Å². The van der Waals surface area contributed by atoms with E-state index < -0.39 is 20.0 Å². The predicted molar refractivity (Wildman–Crippen MR) is 51.0 cm³/mol. The van der Waals surface area contributed by atoms with Gasteiger partial charge in [0, 0.05) is 0 Å². The third kappa shape index (κ3) is 1.97. The molecule has 0 saturated heterocycles. The zero-order chi connectivity index (χ0) is 10.6. The van der Waals surface area contributed by atoms with Crippen molar-refractivity contribution in [2.45, 2.75) is 20.0 Å². The molecule has 0 bridgehead atoms. The van der Waals surface area contributed by atoms with Gasteiger partial charge in [-0.05, 0) is 34.4 Å². The first-order valence-corrected chi connectivity index (χ1v) is 4.21. The Bertz CT molecular complexity index is 306. The number of rotatable bonds is 4. The first-order valence-electron chi connectivity index (χ1n) is 4.21. The summed E-state index contributed by atoms with van der Waals surface area (Å²) in [7, 11) is 0. The molecule has 0 aliphatic rings. The minimum Gasteiger partial charge on any atom is -0.246 e. The maximum atomic E-state index is 12.5. The highest BCUT2D eigenvalue weighted by molar-refractivity contribution is 5.57. The number of hydrogen-bond acceptors (Lipinski definition) is 0. The summed E-state index contributed by atoms with van der Waals surface area (Å²) < 4.78 is 37.3. The fourth-order valence-corrected chi connectivity index (χ4v) is 1.41. The molecule has 0 aromatic heterocycles. The maximum Gasteiger partial charge on any atom is 0.115 e. The Morgan fingerprint density at radius 2 is 1.50 bits per heavy atom. The van der Waals surface area contributed by atoms with E-state index in [1.807, 2.05) is 0 Å². The van der Waals surface area contributed by atoms with Crippen molar-refractivity contribution in [3.05, 3.63) is 41.0 Å². The van der Waals surface area contributed by atoms with Crippen molar-refractivity contribution in [3.8, 4) is 0 Å². The molecule has 0 N–H and O–H groups in total. The second-order valence-electron chi connectivity index (χ2n) is 2.93. The van der Waals surface area contributed by atoms with E-state index in [-0.39, 0.29) is 0 Å². The maximum absolute atomic E-state index is 12.5. The molecule has 1 aromatic carbocycles. The lowest BCUT2D eigenvalue weighted by atomic mass is 9.99. The van der Waals surface area contributed by atoms with Crippen molar-refractivity contribution in [1.82, 2.24) is 0 Å². The summed E-state index contributed by atoms with van der Waals surface area (Å²) in [6, 6.07) is 2.80. The first-order chi connectivity index (χ1) is 6.76. The van der Waals surface area contributed by atoms with Gasteiger partial charge in [-0.3, -0.25) is 0 Å². The molecule has 76 valence electrons. The molecule has 0 unspecified atom stereocenters. The summed E-state index contributed by atoms with van der Waals surface area (Å²) in [6.07, 6.45) is 1.39. The summed E-state index contributed by atoms with van der Waals surface area (Å²) in [5, 5.41) is 0. The smallest absolute Gasteiger partial charge is 0.115 e. The van der Waals surface area contributed by atoms with E-state index in [4.69, 9.17) is 0 Å². The van der Waals surface area contributed by atoms with E-state index in [9.17, 15) is 13.2 Å². The largest absolute Gasteiger partial charge is 0.246 e. The molecule has 0 nitrogen and oxygen atoms in total. The Hall–Kier alpha value is -1.25. The number of hydrogen-bond donors (Lipinski definition) is 0. The molecule has 0 saturated carbocycles. The normalized spacial score (nSPS) is 10.2. The second kappa shape index (κ2) is 4.84. The molecular formula is C11H11F3. The fraction of sp³-hybridized carbons (Fsp3) is 0.273. The van der Waals surface area contributed by atoms with Crippen LogP contribution >= 0.6 is 0 Å². The van der Waals surface area contributed by atoms with Crippen LogP contribution in [-0.2, 0) is 20.0 Å². The van der Waals surface area contributed by atoms with E-state index >= 15 is 0 Å². The molecule has 14 heavy (non-hydrogen) atoms. The summed E-state index contributed by atoms with van der Waals surface area (Å²) >= 11 is 0. The molecule has 0 amide bonds. The Morgan fingerprint density at radius 3 is 1.79 bits per heavy atom. The van der Waals surface area contributed by atoms with Crippen LogP contribution in [0.2, 0.25) is 0 Å². The van der Waals surface area contributed by atoms with Gasteiger partial charge in [0.1, 0.15) is 20.0 Å². The van der Waals surface area contributed by atoms with E-state index in [2.05, 4.69) is 6.58 Å². The third-order valence-electron chi connectivity index (χ3n) is 2.06. The van der Waals surface area contributed by atoms with Gasteiger partial charge in [-0.2, -0.15) is 0 Å². The third-order valence-corrected chi connectivity index (χ3v) is 2.06. The molecule has 1 rings (SSSR count). The summed E-state index contributed by atoms with van der Waals surface area (Å²) in [5.41, 5.74) is 1.33. The van der Waals surface area contributed by atoms with Crippen LogP contribution in [0.3, 0.4) is 0 Å². The monoisotopic (exact) mass is 200 g/mol. The van der Waals surface area contributed by atoms with Crippen LogP contribution in [-0.4, -0.2) is 0 Å². The van der Waals surface area contributed by atoms with Crippen molar-refractivity contribution in [1.29, 1.82) is 0 Å². The van der Waals surface area contributed by atoms with Crippen LogP contribution < -0.4 is 0 Å². The van der Waals surface area contributed by atoms with Gasteiger partial charge in [-0.1, -0.05) is 12.7 Å². The highest BCUT2D eigenvalue weighted by Crippen LogP contribution is 2.21. The summed E-state index contributed by atoms with van der Waals surface area (Å²) in [4.78, 5) is 0. The van der Waals surface area contributed by atoms with Crippen molar-refractivity contribution >= 4 is 6.08 Å². The van der Waals surface area contributed by atoms with Gasteiger partial charge in [-0.15, -0.1) is 0 Å². The molecule has 0 spiro atoms. The van der Waals surface area contributed by atoms with Gasteiger partial charge in [0.05, 0.1) is 0 Å². The zero-order valence-electron chi connectivity index (χ0n) is 7.69. The summed E-state index contributed by atoms with van der Waals surface area (Å²) in [6.45, 7) is 1.30. The lowest BCUT2D eigenvalue weighted by Crippen LogP contribution is -1.95. The lowest BCUT2D eigenvalue weighted by molar-refractivity contribution is 0.464. The van der Waals surface area contributed by atoms with Gasteiger partial charge in [-0.25, -0.2) is 13.2 Å². The topological polar surface area (TPSA) is 0 Å². The lowest BCUT2D eigenvalue weighted by Gasteiger charge is -2.09. The minimum absolute atomic E-state index is 0.294. The average Bonchev–Trinajstić information content (AvgIpc) is 2.26. The molecule has 0 fully saturated rings. The second-order valence-corrected chi connectivity index (χ2v) is 2.93. The average molecular weight is 200 g/mol.